The molecule has 0 saturated carbocycles. The fourth-order valence-electron chi connectivity index (χ4n) is 1.71. The van der Waals surface area contributed by atoms with Crippen LogP contribution in [0.2, 0.25) is 0 Å². The molecule has 1 amide bonds. The molecule has 0 fully saturated rings. The van der Waals surface area contributed by atoms with Crippen LogP contribution >= 0.6 is 0 Å². The Bertz CT molecular complexity index is 550. The van der Waals surface area contributed by atoms with Gasteiger partial charge in [-0.15, -0.1) is 0 Å². The number of rotatable bonds is 6. The first-order chi connectivity index (χ1) is 8.66. The highest BCUT2D eigenvalue weighted by Crippen LogP contribution is 2.19. The highest BCUT2D eigenvalue weighted by molar-refractivity contribution is 7.89. The first kappa shape index (κ1) is 15.5. The summed E-state index contributed by atoms with van der Waals surface area (Å²) in [5, 5.41) is 3.13. The van der Waals surface area contributed by atoms with Gasteiger partial charge in [0.15, 0.2) is 0 Å². The molecular weight excluding hydrogens is 266 g/mol. The first-order valence-electron chi connectivity index (χ1n) is 5.76. The van der Waals surface area contributed by atoms with Crippen LogP contribution in [-0.4, -0.2) is 26.9 Å². The summed E-state index contributed by atoms with van der Waals surface area (Å²) in [4.78, 5) is 11.1. The molecule has 0 aliphatic rings. The van der Waals surface area contributed by atoms with E-state index in [-0.39, 0.29) is 11.3 Å². The summed E-state index contributed by atoms with van der Waals surface area (Å²) < 4.78 is 25.3. The van der Waals surface area contributed by atoms with Crippen LogP contribution in [0.5, 0.6) is 0 Å². The van der Waals surface area contributed by atoms with Gasteiger partial charge < -0.3 is 11.1 Å². The van der Waals surface area contributed by atoms with E-state index in [9.17, 15) is 13.2 Å². The fourth-order valence-corrected chi connectivity index (χ4v) is 2.44. The maximum Gasteiger partial charge on any atom is 0.240 e. The minimum Gasteiger partial charge on any atom is -0.380 e. The third-order valence-corrected chi connectivity index (χ3v) is 3.96. The van der Waals surface area contributed by atoms with Gasteiger partial charge >= 0.3 is 0 Å². The van der Waals surface area contributed by atoms with Crippen LogP contribution in [0, 0.1) is 0 Å². The highest BCUT2D eigenvalue weighted by Gasteiger charge is 2.20. The molecule has 0 aliphatic carbocycles. The quantitative estimate of drug-likeness (QED) is 0.714. The average Bonchev–Trinajstić information content (AvgIpc) is 2.27. The third kappa shape index (κ3) is 4.53. The summed E-state index contributed by atoms with van der Waals surface area (Å²) in [6.07, 6.45) is 0.184. The molecule has 19 heavy (non-hydrogen) atoms. The number of sulfonamides is 1. The van der Waals surface area contributed by atoms with Crippen LogP contribution in [0.15, 0.2) is 29.2 Å². The molecular formula is C12H19N3O3S. The Morgan fingerprint density at radius 1 is 1.26 bits per heavy atom. The van der Waals surface area contributed by atoms with Gasteiger partial charge in [-0.2, -0.15) is 0 Å². The minimum absolute atomic E-state index is 0.184. The molecule has 0 unspecified atom stereocenters. The number of carbonyl (C=O) groups is 1. The third-order valence-electron chi connectivity index (χ3n) is 2.53. The van der Waals surface area contributed by atoms with E-state index in [0.717, 1.165) is 5.69 Å². The molecule has 0 aliphatic heterocycles. The summed E-state index contributed by atoms with van der Waals surface area (Å²) in [7, 11) is -2.07. The zero-order valence-corrected chi connectivity index (χ0v) is 12.0. The normalized spacial score (nSPS) is 12.2. The van der Waals surface area contributed by atoms with E-state index >= 15 is 0 Å². The Morgan fingerprint density at radius 2 is 1.79 bits per heavy atom. The molecule has 0 aromatic heterocycles. The van der Waals surface area contributed by atoms with E-state index in [1.54, 1.807) is 12.1 Å². The first-order valence-corrected chi connectivity index (χ1v) is 7.25. The van der Waals surface area contributed by atoms with Gasteiger partial charge in [0.1, 0.15) is 0 Å². The molecule has 0 radical (unpaired) electrons. The Hall–Kier alpha value is -1.60. The lowest BCUT2D eigenvalue weighted by Gasteiger charge is -2.26. The van der Waals surface area contributed by atoms with Gasteiger partial charge in [0, 0.05) is 17.6 Å². The van der Waals surface area contributed by atoms with Crippen molar-refractivity contribution < 1.29 is 13.2 Å². The van der Waals surface area contributed by atoms with E-state index in [0.29, 0.717) is 0 Å². The van der Waals surface area contributed by atoms with E-state index in [2.05, 4.69) is 10.0 Å². The van der Waals surface area contributed by atoms with Gasteiger partial charge in [0.05, 0.1) is 4.90 Å². The lowest BCUT2D eigenvalue weighted by molar-refractivity contribution is -0.118. The van der Waals surface area contributed by atoms with Crippen LogP contribution in [0.25, 0.3) is 0 Å². The van der Waals surface area contributed by atoms with Crippen molar-refractivity contribution >= 4 is 21.6 Å². The molecule has 6 nitrogen and oxygen atoms in total. The Balaban J connectivity index is 2.86. The van der Waals surface area contributed by atoms with Crippen LogP contribution in [0.1, 0.15) is 20.3 Å². The predicted octanol–water partition coefficient (Wildman–Crippen LogP) is 0.661. The van der Waals surface area contributed by atoms with Crippen LogP contribution < -0.4 is 15.8 Å². The van der Waals surface area contributed by atoms with Gasteiger partial charge in [-0.3, -0.25) is 4.79 Å². The molecule has 106 valence electrons. The average molecular weight is 285 g/mol. The summed E-state index contributed by atoms with van der Waals surface area (Å²) in [6, 6.07) is 6.28. The maximum absolute atomic E-state index is 11.6. The standard InChI is InChI=1S/C12H19N3O3S/c1-12(2,8-11(13)16)15-9-4-6-10(7-5-9)19(17,18)14-3/h4-7,14-15H,8H2,1-3H3,(H2,13,16). The van der Waals surface area contributed by atoms with Gasteiger partial charge in [-0.1, -0.05) is 0 Å². The molecule has 0 heterocycles. The Kier molecular flexibility index (Phi) is 4.54. The Morgan fingerprint density at radius 3 is 2.21 bits per heavy atom. The molecule has 0 atom stereocenters. The zero-order valence-electron chi connectivity index (χ0n) is 11.2. The molecule has 1 rings (SSSR count). The molecule has 1 aromatic carbocycles. The number of nitrogens with one attached hydrogen (secondary N) is 2. The number of hydrogen-bond donors (Lipinski definition) is 3. The van der Waals surface area contributed by atoms with Crippen molar-refractivity contribution in [2.75, 3.05) is 12.4 Å². The number of carbonyl (C=O) groups excluding carboxylic acids is 1. The van der Waals surface area contributed by atoms with Crippen molar-refractivity contribution in [3.05, 3.63) is 24.3 Å². The smallest absolute Gasteiger partial charge is 0.240 e. The maximum atomic E-state index is 11.6. The Labute approximate surface area is 113 Å². The number of anilines is 1. The lowest BCUT2D eigenvalue weighted by atomic mass is 10.00. The monoisotopic (exact) mass is 285 g/mol. The summed E-state index contributed by atoms with van der Waals surface area (Å²) in [5.74, 6) is -0.396. The predicted molar refractivity (Wildman–Crippen MR) is 74.2 cm³/mol. The SMILES string of the molecule is CNS(=O)(=O)c1ccc(NC(C)(C)CC(N)=O)cc1. The van der Waals surface area contributed by atoms with Crippen LogP contribution in [0.4, 0.5) is 5.69 Å². The van der Waals surface area contributed by atoms with Crippen molar-refractivity contribution in [1.29, 1.82) is 0 Å². The highest BCUT2D eigenvalue weighted by atomic mass is 32.2. The molecule has 0 spiro atoms. The van der Waals surface area contributed by atoms with Crippen LogP contribution in [-0.2, 0) is 14.8 Å². The van der Waals surface area contributed by atoms with Crippen molar-refractivity contribution in [3.8, 4) is 0 Å². The minimum atomic E-state index is -3.43. The van der Waals surface area contributed by atoms with Crippen molar-refractivity contribution in [3.63, 3.8) is 0 Å². The largest absolute Gasteiger partial charge is 0.380 e. The van der Waals surface area contributed by atoms with Crippen molar-refractivity contribution in [2.24, 2.45) is 5.73 Å². The molecule has 0 saturated heterocycles. The summed E-state index contributed by atoms with van der Waals surface area (Å²) in [6.45, 7) is 3.69. The number of primary amides is 1. The van der Waals surface area contributed by atoms with Gasteiger partial charge in [0.2, 0.25) is 15.9 Å². The zero-order chi connectivity index (χ0) is 14.7. The second-order valence-electron chi connectivity index (χ2n) is 4.88. The number of hydrogen-bond acceptors (Lipinski definition) is 4. The second-order valence-corrected chi connectivity index (χ2v) is 6.77. The molecule has 1 aromatic rings. The molecule has 7 heteroatoms. The second kappa shape index (κ2) is 5.58. The number of amides is 1. The van der Waals surface area contributed by atoms with E-state index < -0.39 is 21.5 Å². The summed E-state index contributed by atoms with van der Waals surface area (Å²) in [5.41, 5.74) is 5.40. The van der Waals surface area contributed by atoms with Crippen LogP contribution in [0.3, 0.4) is 0 Å². The fraction of sp³-hybridized carbons (Fsp3) is 0.417. The van der Waals surface area contributed by atoms with E-state index in [4.69, 9.17) is 5.73 Å². The van der Waals surface area contributed by atoms with Gasteiger partial charge in [-0.05, 0) is 45.2 Å². The van der Waals surface area contributed by atoms with E-state index in [1.807, 2.05) is 13.8 Å². The van der Waals surface area contributed by atoms with Crippen molar-refractivity contribution in [2.45, 2.75) is 30.7 Å². The van der Waals surface area contributed by atoms with E-state index in [1.165, 1.54) is 19.2 Å². The lowest BCUT2D eigenvalue weighted by Crippen LogP contribution is -2.35. The topological polar surface area (TPSA) is 101 Å². The van der Waals surface area contributed by atoms with Crippen molar-refractivity contribution in [1.82, 2.24) is 4.72 Å². The summed E-state index contributed by atoms with van der Waals surface area (Å²) >= 11 is 0. The van der Waals surface area contributed by atoms with Gasteiger partial charge in [-0.25, -0.2) is 13.1 Å². The molecule has 4 N–H and O–H groups in total. The van der Waals surface area contributed by atoms with Gasteiger partial charge in [0.25, 0.3) is 0 Å². The number of benzene rings is 1. The molecule has 0 bridgehead atoms. The number of nitrogens with two attached hydrogens (primary N) is 1.